The quantitative estimate of drug-likeness (QED) is 0.940. The maximum absolute atomic E-state index is 4.59. The first-order valence-electron chi connectivity index (χ1n) is 6.75. The minimum absolute atomic E-state index is 0.469. The number of rotatable bonds is 3. The molecule has 0 spiro atoms. The SMILES string of the molecule is CNC1CCCc2c1cnn2Cc1ccccc1Br. The molecule has 3 nitrogen and oxygen atoms in total. The third kappa shape index (κ3) is 2.47. The van der Waals surface area contributed by atoms with Crippen molar-refractivity contribution in [2.45, 2.75) is 31.8 Å². The van der Waals surface area contributed by atoms with Gasteiger partial charge in [-0.05, 0) is 37.9 Å². The number of nitrogens with zero attached hydrogens (tertiary/aromatic N) is 2. The molecule has 3 rings (SSSR count). The van der Waals surface area contributed by atoms with Crippen molar-refractivity contribution in [3.05, 3.63) is 51.8 Å². The molecule has 1 aliphatic rings. The molecule has 1 atom stereocenters. The van der Waals surface area contributed by atoms with Gasteiger partial charge in [0.05, 0.1) is 12.7 Å². The van der Waals surface area contributed by atoms with Gasteiger partial charge < -0.3 is 5.32 Å². The predicted octanol–water partition coefficient (Wildman–Crippen LogP) is 3.29. The fraction of sp³-hybridized carbons (Fsp3) is 0.400. The van der Waals surface area contributed by atoms with Gasteiger partial charge in [0, 0.05) is 21.8 Å². The molecule has 1 unspecified atom stereocenters. The zero-order valence-electron chi connectivity index (χ0n) is 11.1. The highest BCUT2D eigenvalue weighted by molar-refractivity contribution is 9.10. The molecular weight excluding hydrogens is 302 g/mol. The highest BCUT2D eigenvalue weighted by atomic mass is 79.9. The molecule has 1 aliphatic carbocycles. The number of benzene rings is 1. The molecule has 0 aliphatic heterocycles. The molecule has 1 aromatic carbocycles. The Kier molecular flexibility index (Phi) is 3.71. The minimum atomic E-state index is 0.469. The summed E-state index contributed by atoms with van der Waals surface area (Å²) < 4.78 is 3.30. The monoisotopic (exact) mass is 319 g/mol. The lowest BCUT2D eigenvalue weighted by molar-refractivity contribution is 0.481. The Bertz CT molecular complexity index is 577. The van der Waals surface area contributed by atoms with Crippen molar-refractivity contribution >= 4 is 15.9 Å². The maximum Gasteiger partial charge on any atom is 0.0673 e. The van der Waals surface area contributed by atoms with E-state index in [0.29, 0.717) is 6.04 Å². The van der Waals surface area contributed by atoms with Crippen LogP contribution in [0.1, 0.15) is 35.7 Å². The van der Waals surface area contributed by atoms with Crippen LogP contribution in [0.15, 0.2) is 34.9 Å². The lowest BCUT2D eigenvalue weighted by atomic mass is 9.93. The van der Waals surface area contributed by atoms with Gasteiger partial charge in [0.25, 0.3) is 0 Å². The topological polar surface area (TPSA) is 29.9 Å². The van der Waals surface area contributed by atoms with Gasteiger partial charge >= 0.3 is 0 Å². The van der Waals surface area contributed by atoms with E-state index in [1.54, 1.807) is 0 Å². The fourth-order valence-electron chi connectivity index (χ4n) is 2.84. The summed E-state index contributed by atoms with van der Waals surface area (Å²) in [5, 5.41) is 7.97. The van der Waals surface area contributed by atoms with Crippen LogP contribution in [0.3, 0.4) is 0 Å². The van der Waals surface area contributed by atoms with Crippen molar-refractivity contribution in [2.24, 2.45) is 0 Å². The summed E-state index contributed by atoms with van der Waals surface area (Å²) >= 11 is 3.61. The third-order valence-electron chi connectivity index (χ3n) is 3.89. The summed E-state index contributed by atoms with van der Waals surface area (Å²) in [7, 11) is 2.03. The normalized spacial score (nSPS) is 18.3. The Morgan fingerprint density at radius 3 is 3.05 bits per heavy atom. The van der Waals surface area contributed by atoms with Crippen LogP contribution < -0.4 is 5.32 Å². The molecule has 1 N–H and O–H groups in total. The van der Waals surface area contributed by atoms with Crippen molar-refractivity contribution in [1.82, 2.24) is 15.1 Å². The van der Waals surface area contributed by atoms with Gasteiger partial charge in [-0.15, -0.1) is 0 Å². The number of halogens is 1. The first kappa shape index (κ1) is 12.9. The Morgan fingerprint density at radius 1 is 1.42 bits per heavy atom. The average molecular weight is 320 g/mol. The van der Waals surface area contributed by atoms with E-state index in [2.05, 4.69) is 49.2 Å². The zero-order valence-corrected chi connectivity index (χ0v) is 12.7. The molecule has 0 radical (unpaired) electrons. The number of hydrogen-bond donors (Lipinski definition) is 1. The summed E-state index contributed by atoms with van der Waals surface area (Å²) in [6.45, 7) is 0.840. The molecule has 19 heavy (non-hydrogen) atoms. The molecule has 0 saturated carbocycles. The summed E-state index contributed by atoms with van der Waals surface area (Å²) in [6, 6.07) is 8.82. The van der Waals surface area contributed by atoms with Crippen LogP contribution in [0.2, 0.25) is 0 Å². The largest absolute Gasteiger partial charge is 0.313 e. The first-order valence-corrected chi connectivity index (χ1v) is 7.54. The van der Waals surface area contributed by atoms with Crippen molar-refractivity contribution in [1.29, 1.82) is 0 Å². The maximum atomic E-state index is 4.59. The third-order valence-corrected chi connectivity index (χ3v) is 4.66. The van der Waals surface area contributed by atoms with E-state index in [4.69, 9.17) is 0 Å². The van der Waals surface area contributed by atoms with Gasteiger partial charge in [-0.25, -0.2) is 0 Å². The van der Waals surface area contributed by atoms with Gasteiger partial charge in [0.1, 0.15) is 0 Å². The number of nitrogens with one attached hydrogen (secondary N) is 1. The van der Waals surface area contributed by atoms with Crippen molar-refractivity contribution in [3.8, 4) is 0 Å². The van der Waals surface area contributed by atoms with Gasteiger partial charge in [-0.2, -0.15) is 5.10 Å². The molecule has 4 heteroatoms. The summed E-state index contributed by atoms with van der Waals surface area (Å²) in [6.07, 6.45) is 5.62. The van der Waals surface area contributed by atoms with Crippen LogP contribution in [0.4, 0.5) is 0 Å². The molecule has 1 aromatic heterocycles. The van der Waals surface area contributed by atoms with E-state index in [0.717, 1.165) is 17.4 Å². The number of hydrogen-bond acceptors (Lipinski definition) is 2. The van der Waals surface area contributed by atoms with Gasteiger partial charge in [-0.1, -0.05) is 34.1 Å². The number of fused-ring (bicyclic) bond motifs is 1. The van der Waals surface area contributed by atoms with E-state index in [1.165, 1.54) is 29.7 Å². The number of aromatic nitrogens is 2. The van der Waals surface area contributed by atoms with E-state index in [9.17, 15) is 0 Å². The molecule has 0 bridgehead atoms. The standard InChI is InChI=1S/C15H18BrN3/c1-17-14-7-4-8-15-12(14)9-18-19(15)10-11-5-2-3-6-13(11)16/h2-3,5-6,9,14,17H,4,7-8,10H2,1H3. The highest BCUT2D eigenvalue weighted by Crippen LogP contribution is 2.30. The smallest absolute Gasteiger partial charge is 0.0673 e. The molecule has 0 saturated heterocycles. The minimum Gasteiger partial charge on any atom is -0.313 e. The van der Waals surface area contributed by atoms with Gasteiger partial charge in [0.2, 0.25) is 0 Å². The highest BCUT2D eigenvalue weighted by Gasteiger charge is 2.22. The molecule has 1 heterocycles. The van der Waals surface area contributed by atoms with Crippen molar-refractivity contribution in [2.75, 3.05) is 7.05 Å². The Labute approximate surface area is 122 Å². The van der Waals surface area contributed by atoms with E-state index >= 15 is 0 Å². The lowest BCUT2D eigenvalue weighted by Gasteiger charge is -2.22. The van der Waals surface area contributed by atoms with Crippen LogP contribution >= 0.6 is 15.9 Å². The van der Waals surface area contributed by atoms with Crippen LogP contribution in [0, 0.1) is 0 Å². The molecule has 0 amide bonds. The van der Waals surface area contributed by atoms with E-state index < -0.39 is 0 Å². The average Bonchev–Trinajstić information content (AvgIpc) is 2.84. The fourth-order valence-corrected chi connectivity index (χ4v) is 3.25. The molecule has 100 valence electrons. The Hall–Kier alpha value is -1.13. The summed E-state index contributed by atoms with van der Waals surface area (Å²) in [4.78, 5) is 0. The summed E-state index contributed by atoms with van der Waals surface area (Å²) in [5.41, 5.74) is 4.04. The van der Waals surface area contributed by atoms with Crippen LogP contribution in [-0.2, 0) is 13.0 Å². The molecular formula is C15H18BrN3. The Balaban J connectivity index is 1.91. The van der Waals surface area contributed by atoms with Crippen LogP contribution in [0.5, 0.6) is 0 Å². The first-order chi connectivity index (χ1) is 9.29. The second-order valence-corrected chi connectivity index (χ2v) is 5.88. The van der Waals surface area contributed by atoms with E-state index in [1.807, 2.05) is 19.3 Å². The lowest BCUT2D eigenvalue weighted by Crippen LogP contribution is -2.22. The van der Waals surface area contributed by atoms with Crippen LogP contribution in [0.25, 0.3) is 0 Å². The van der Waals surface area contributed by atoms with Crippen molar-refractivity contribution in [3.63, 3.8) is 0 Å². The second-order valence-electron chi connectivity index (χ2n) is 5.03. The van der Waals surface area contributed by atoms with Crippen molar-refractivity contribution < 1.29 is 0 Å². The molecule has 2 aromatic rings. The van der Waals surface area contributed by atoms with E-state index in [-0.39, 0.29) is 0 Å². The predicted molar refractivity (Wildman–Crippen MR) is 80.2 cm³/mol. The Morgan fingerprint density at radius 2 is 2.26 bits per heavy atom. The molecule has 0 fully saturated rings. The zero-order chi connectivity index (χ0) is 13.2. The van der Waals surface area contributed by atoms with Gasteiger partial charge in [0.15, 0.2) is 0 Å². The second kappa shape index (κ2) is 5.47. The summed E-state index contributed by atoms with van der Waals surface area (Å²) in [5.74, 6) is 0. The van der Waals surface area contributed by atoms with Crippen LogP contribution in [-0.4, -0.2) is 16.8 Å². The van der Waals surface area contributed by atoms with Gasteiger partial charge in [-0.3, -0.25) is 4.68 Å².